The van der Waals surface area contributed by atoms with Gasteiger partial charge in [0.15, 0.2) is 0 Å². The molecule has 1 aliphatic heterocycles. The molecule has 0 radical (unpaired) electrons. The molecule has 2 unspecified atom stereocenters. The first-order valence-electron chi connectivity index (χ1n) is 11.8. The van der Waals surface area contributed by atoms with Crippen LogP contribution in [0.15, 0.2) is 55.0 Å². The molecule has 3 atom stereocenters. The summed E-state index contributed by atoms with van der Waals surface area (Å²) in [5.74, 6) is -0.480. The van der Waals surface area contributed by atoms with E-state index in [0.29, 0.717) is 17.1 Å². The molecule has 2 bridgehead atoms. The van der Waals surface area contributed by atoms with Crippen LogP contribution in [0.4, 0.5) is 17.6 Å². The molecule has 2 aliphatic carbocycles. The van der Waals surface area contributed by atoms with Gasteiger partial charge in [0.1, 0.15) is 12.4 Å². The Kier molecular flexibility index (Phi) is 5.33. The second-order valence-electron chi connectivity index (χ2n) is 10.0. The number of aromatic nitrogens is 2. The molecule has 11 heteroatoms. The van der Waals surface area contributed by atoms with Gasteiger partial charge in [-0.1, -0.05) is 12.1 Å². The van der Waals surface area contributed by atoms with Crippen molar-refractivity contribution in [3.63, 3.8) is 0 Å². The third-order valence-corrected chi connectivity index (χ3v) is 9.49. The number of hydrogen-bond acceptors (Lipinski definition) is 3. The van der Waals surface area contributed by atoms with Crippen LogP contribution in [0.3, 0.4) is 0 Å². The van der Waals surface area contributed by atoms with Crippen LogP contribution in [0.25, 0.3) is 16.9 Å². The van der Waals surface area contributed by atoms with Crippen molar-refractivity contribution in [3.05, 3.63) is 71.9 Å². The maximum absolute atomic E-state index is 13.3. The van der Waals surface area contributed by atoms with E-state index in [-0.39, 0.29) is 24.2 Å². The normalized spacial score (nSPS) is 27.3. The van der Waals surface area contributed by atoms with E-state index in [1.165, 1.54) is 12.1 Å². The van der Waals surface area contributed by atoms with Crippen molar-refractivity contribution in [2.24, 2.45) is 11.8 Å². The molecule has 1 saturated carbocycles. The molecule has 6 rings (SSSR count). The van der Waals surface area contributed by atoms with Crippen LogP contribution in [0.5, 0.6) is 0 Å². The summed E-state index contributed by atoms with van der Waals surface area (Å²) in [6.45, 7) is -1.63. The van der Waals surface area contributed by atoms with Crippen molar-refractivity contribution < 1.29 is 26.0 Å². The molecule has 1 spiro atoms. The molecule has 3 aliphatic rings. The number of halogens is 4. The zero-order valence-corrected chi connectivity index (χ0v) is 20.0. The van der Waals surface area contributed by atoms with Gasteiger partial charge >= 0.3 is 6.18 Å². The van der Waals surface area contributed by atoms with Crippen LogP contribution in [0.1, 0.15) is 24.0 Å². The summed E-state index contributed by atoms with van der Waals surface area (Å²) < 4.78 is 82.9. The summed E-state index contributed by atoms with van der Waals surface area (Å²) in [5.41, 5.74) is 3.69. The smallest absolute Gasteiger partial charge is 0.306 e. The number of nitrogens with zero attached hydrogens (tertiary/aromatic N) is 3. The van der Waals surface area contributed by atoms with E-state index in [1.807, 2.05) is 18.3 Å². The Balaban J connectivity index is 1.29. The lowest BCUT2D eigenvalue weighted by Crippen LogP contribution is -2.52. The standard InChI is InChI=1S/C25H24F4N4O2S/c26-21-5-7-22(8-6-21)32-12-23(30-15-32)17-2-1-16-10-19-3-4-20(11-18(16)9-17)24(19)13-33(14-25(27,28)29)36(34,35)31-24/h1-2,5-9,12,15,19-20,31H,3-4,10-11,13-14H2/t19-,20?,24?/m0/s1. The largest absolute Gasteiger partial charge is 0.402 e. The van der Waals surface area contributed by atoms with E-state index < -0.39 is 28.5 Å². The molecule has 2 aromatic carbocycles. The molecule has 2 fully saturated rings. The number of alkyl halides is 3. The van der Waals surface area contributed by atoms with Crippen LogP contribution >= 0.6 is 0 Å². The average molecular weight is 521 g/mol. The summed E-state index contributed by atoms with van der Waals surface area (Å²) in [5, 5.41) is 0. The Morgan fingerprint density at radius 2 is 1.72 bits per heavy atom. The molecular formula is C25H24F4N4O2S. The third kappa shape index (κ3) is 4.03. The number of nitrogens with one attached hydrogen (secondary N) is 1. The quantitative estimate of drug-likeness (QED) is 0.525. The van der Waals surface area contributed by atoms with Gasteiger partial charge in [-0.05, 0) is 79.0 Å². The van der Waals surface area contributed by atoms with Gasteiger partial charge in [0.25, 0.3) is 10.2 Å². The summed E-state index contributed by atoms with van der Waals surface area (Å²) >= 11 is 0. The van der Waals surface area contributed by atoms with Crippen LogP contribution in [0.2, 0.25) is 0 Å². The maximum atomic E-state index is 13.3. The monoisotopic (exact) mass is 520 g/mol. The predicted octanol–water partition coefficient (Wildman–Crippen LogP) is 4.25. The third-order valence-electron chi connectivity index (χ3n) is 7.92. The van der Waals surface area contributed by atoms with Crippen LogP contribution < -0.4 is 4.72 Å². The van der Waals surface area contributed by atoms with E-state index in [9.17, 15) is 26.0 Å². The number of rotatable bonds is 3. The first-order valence-corrected chi connectivity index (χ1v) is 13.2. The lowest BCUT2D eigenvalue weighted by atomic mass is 9.79. The highest BCUT2D eigenvalue weighted by atomic mass is 32.2. The van der Waals surface area contributed by atoms with Gasteiger partial charge in [-0.3, -0.25) is 0 Å². The molecule has 1 aromatic heterocycles. The topological polar surface area (TPSA) is 67.2 Å². The summed E-state index contributed by atoms with van der Waals surface area (Å²) in [6, 6.07) is 12.1. The first kappa shape index (κ1) is 23.6. The molecule has 3 aromatic rings. The lowest BCUT2D eigenvalue weighted by molar-refractivity contribution is -0.136. The average Bonchev–Trinajstić information content (AvgIpc) is 3.43. The molecule has 0 amide bonds. The minimum absolute atomic E-state index is 0.0692. The Labute approximate surface area is 206 Å². The zero-order chi connectivity index (χ0) is 25.3. The van der Waals surface area contributed by atoms with Crippen molar-refractivity contribution >= 4 is 10.2 Å². The number of benzene rings is 2. The van der Waals surface area contributed by atoms with E-state index in [1.54, 1.807) is 23.0 Å². The van der Waals surface area contributed by atoms with Crippen molar-refractivity contribution in [1.82, 2.24) is 18.6 Å². The van der Waals surface area contributed by atoms with Crippen LogP contribution in [0, 0.1) is 17.7 Å². The predicted molar refractivity (Wildman–Crippen MR) is 125 cm³/mol. The second-order valence-corrected chi connectivity index (χ2v) is 11.7. The molecule has 1 N–H and O–H groups in total. The highest BCUT2D eigenvalue weighted by Gasteiger charge is 2.60. The van der Waals surface area contributed by atoms with Crippen molar-refractivity contribution in [1.29, 1.82) is 0 Å². The minimum Gasteiger partial charge on any atom is -0.306 e. The Hall–Kier alpha value is -2.76. The number of hydrogen-bond donors (Lipinski definition) is 1. The van der Waals surface area contributed by atoms with Crippen molar-refractivity contribution in [2.45, 2.75) is 37.4 Å². The zero-order valence-electron chi connectivity index (χ0n) is 19.2. The number of imidazole rings is 1. The maximum Gasteiger partial charge on any atom is 0.402 e. The minimum atomic E-state index is -4.60. The van der Waals surface area contributed by atoms with Crippen LogP contribution in [-0.4, -0.2) is 47.1 Å². The Morgan fingerprint density at radius 1 is 1.03 bits per heavy atom. The van der Waals surface area contributed by atoms with Gasteiger partial charge < -0.3 is 4.57 Å². The van der Waals surface area contributed by atoms with Gasteiger partial charge in [-0.25, -0.2) is 9.37 Å². The van der Waals surface area contributed by atoms with E-state index >= 15 is 0 Å². The van der Waals surface area contributed by atoms with Gasteiger partial charge in [-0.15, -0.1) is 0 Å². The molecule has 1 saturated heterocycles. The fourth-order valence-electron chi connectivity index (χ4n) is 6.23. The summed E-state index contributed by atoms with van der Waals surface area (Å²) in [6.07, 6.45) is 1.65. The Bertz CT molecular complexity index is 1420. The van der Waals surface area contributed by atoms with Gasteiger partial charge in [-0.2, -0.15) is 30.6 Å². The molecular weight excluding hydrogens is 496 g/mol. The first-order chi connectivity index (χ1) is 17.0. The lowest BCUT2D eigenvalue weighted by Gasteiger charge is -2.33. The summed E-state index contributed by atoms with van der Waals surface area (Å²) in [7, 11) is -4.21. The van der Waals surface area contributed by atoms with Crippen LogP contribution in [-0.2, 0) is 23.1 Å². The fraction of sp³-hybridized carbons (Fsp3) is 0.400. The molecule has 6 nitrogen and oxygen atoms in total. The van der Waals surface area contributed by atoms with Crippen molar-refractivity contribution in [3.8, 4) is 16.9 Å². The summed E-state index contributed by atoms with van der Waals surface area (Å²) in [4.78, 5) is 4.50. The molecule has 2 heterocycles. The SMILES string of the molecule is O=S1(=O)NC2(CN1CC(F)(F)F)C1CC[C@H]2Cc2ccc(-c3cn(-c4ccc(F)cc4)cn3)cc2C1. The van der Waals surface area contributed by atoms with Crippen molar-refractivity contribution in [2.75, 3.05) is 13.1 Å². The fourth-order valence-corrected chi connectivity index (χ4v) is 7.94. The van der Waals surface area contributed by atoms with E-state index in [2.05, 4.69) is 15.8 Å². The van der Waals surface area contributed by atoms with E-state index in [0.717, 1.165) is 40.9 Å². The van der Waals surface area contributed by atoms with E-state index in [4.69, 9.17) is 0 Å². The second kappa shape index (κ2) is 8.12. The highest BCUT2D eigenvalue weighted by molar-refractivity contribution is 7.87. The van der Waals surface area contributed by atoms with Gasteiger partial charge in [0.05, 0.1) is 17.6 Å². The molecule has 190 valence electrons. The molecule has 36 heavy (non-hydrogen) atoms. The Morgan fingerprint density at radius 3 is 2.42 bits per heavy atom. The number of fused-ring (bicyclic) bond motifs is 1. The van der Waals surface area contributed by atoms with Gasteiger partial charge in [0, 0.05) is 24.0 Å². The van der Waals surface area contributed by atoms with Gasteiger partial charge in [0.2, 0.25) is 0 Å². The highest BCUT2D eigenvalue weighted by Crippen LogP contribution is 2.50.